The molecule has 2 rings (SSSR count). The Bertz CT molecular complexity index is 564. The fourth-order valence-corrected chi connectivity index (χ4v) is 2.24. The molecule has 0 fully saturated rings. The third-order valence-electron chi connectivity index (χ3n) is 3.49. The minimum absolute atomic E-state index is 0.123. The van der Waals surface area contributed by atoms with Crippen molar-refractivity contribution in [3.05, 3.63) is 70.8 Å². The summed E-state index contributed by atoms with van der Waals surface area (Å²) in [5, 5.41) is 3.20. The van der Waals surface area contributed by atoms with Crippen LogP contribution in [0.2, 0.25) is 0 Å². The molecule has 3 heteroatoms. The van der Waals surface area contributed by atoms with Crippen molar-refractivity contribution in [2.75, 3.05) is 7.05 Å². The number of halogens is 2. The number of hydrogen-bond acceptors (Lipinski definition) is 1. The lowest BCUT2D eigenvalue weighted by molar-refractivity contribution is 0.524. The van der Waals surface area contributed by atoms with Crippen LogP contribution in [0, 0.1) is 18.6 Å². The molecule has 0 aliphatic carbocycles. The molecule has 1 unspecified atom stereocenters. The van der Waals surface area contributed by atoms with Gasteiger partial charge >= 0.3 is 0 Å². The van der Waals surface area contributed by atoms with Gasteiger partial charge in [0.1, 0.15) is 11.6 Å². The van der Waals surface area contributed by atoms with E-state index < -0.39 is 11.6 Å². The molecule has 2 aromatic carbocycles. The minimum atomic E-state index is -0.536. The highest BCUT2D eigenvalue weighted by molar-refractivity contribution is 5.24. The summed E-state index contributed by atoms with van der Waals surface area (Å²) >= 11 is 0. The van der Waals surface area contributed by atoms with Gasteiger partial charge in [0.05, 0.1) is 0 Å². The Labute approximate surface area is 118 Å². The smallest absolute Gasteiger partial charge is 0.129 e. The molecule has 0 bridgehead atoms. The van der Waals surface area contributed by atoms with Crippen molar-refractivity contribution in [1.82, 2.24) is 5.32 Å². The van der Waals surface area contributed by atoms with Crippen molar-refractivity contribution in [3.8, 4) is 0 Å². The summed E-state index contributed by atoms with van der Waals surface area (Å²) in [6, 6.07) is 12.2. The highest BCUT2D eigenvalue weighted by Crippen LogP contribution is 2.14. The quantitative estimate of drug-likeness (QED) is 0.878. The van der Waals surface area contributed by atoms with E-state index in [2.05, 4.69) is 29.6 Å². The maximum atomic E-state index is 13.7. The molecule has 0 saturated heterocycles. The number of benzene rings is 2. The topological polar surface area (TPSA) is 12.0 Å². The maximum absolute atomic E-state index is 13.7. The Kier molecular flexibility index (Phi) is 4.85. The van der Waals surface area contributed by atoms with Crippen molar-refractivity contribution in [1.29, 1.82) is 0 Å². The average Bonchev–Trinajstić information content (AvgIpc) is 2.43. The molecule has 0 aromatic heterocycles. The van der Waals surface area contributed by atoms with E-state index in [1.54, 1.807) is 0 Å². The van der Waals surface area contributed by atoms with Gasteiger partial charge in [0, 0.05) is 12.1 Å². The first-order valence-electron chi connectivity index (χ1n) is 6.75. The lowest BCUT2D eigenvalue weighted by Gasteiger charge is -2.17. The van der Waals surface area contributed by atoms with Crippen LogP contribution in [0.1, 0.15) is 16.7 Å². The number of aryl methyl sites for hydroxylation is 1. The summed E-state index contributed by atoms with van der Waals surface area (Å²) < 4.78 is 26.6. The number of rotatable bonds is 5. The van der Waals surface area contributed by atoms with Crippen LogP contribution in [0.3, 0.4) is 0 Å². The molecule has 0 radical (unpaired) electrons. The van der Waals surface area contributed by atoms with Gasteiger partial charge in [-0.05, 0) is 44.0 Å². The normalized spacial score (nSPS) is 12.4. The summed E-state index contributed by atoms with van der Waals surface area (Å²) in [4.78, 5) is 0. The van der Waals surface area contributed by atoms with Gasteiger partial charge in [0.2, 0.25) is 0 Å². The summed E-state index contributed by atoms with van der Waals surface area (Å²) in [7, 11) is 1.86. The molecule has 1 atom stereocenters. The standard InChI is InChI=1S/C17H19F2N/c1-12-3-5-13(6-4-12)9-16(20-2)10-14-7-8-15(18)11-17(14)19/h3-8,11,16,20H,9-10H2,1-2H3. The molecule has 2 aromatic rings. The van der Waals surface area contributed by atoms with E-state index >= 15 is 0 Å². The van der Waals surface area contributed by atoms with Crippen LogP contribution in [0.5, 0.6) is 0 Å². The monoisotopic (exact) mass is 275 g/mol. The predicted octanol–water partition coefficient (Wildman–Crippen LogP) is 3.65. The Balaban J connectivity index is 2.07. The van der Waals surface area contributed by atoms with Crippen LogP contribution >= 0.6 is 0 Å². The second-order valence-corrected chi connectivity index (χ2v) is 5.12. The molecule has 1 nitrogen and oxygen atoms in total. The minimum Gasteiger partial charge on any atom is -0.316 e. The molecule has 0 spiro atoms. The zero-order chi connectivity index (χ0) is 14.5. The van der Waals surface area contributed by atoms with Gasteiger partial charge in [0.15, 0.2) is 0 Å². The number of nitrogens with one attached hydrogen (secondary N) is 1. The zero-order valence-electron chi connectivity index (χ0n) is 11.8. The first-order chi connectivity index (χ1) is 9.58. The van der Waals surface area contributed by atoms with Crippen molar-refractivity contribution in [3.63, 3.8) is 0 Å². The summed E-state index contributed by atoms with van der Waals surface area (Å²) in [6.45, 7) is 2.05. The lowest BCUT2D eigenvalue weighted by Crippen LogP contribution is -2.30. The molecular formula is C17H19F2N. The summed E-state index contributed by atoms with van der Waals surface area (Å²) in [5.41, 5.74) is 2.97. The van der Waals surface area contributed by atoms with E-state index in [-0.39, 0.29) is 6.04 Å². The Morgan fingerprint density at radius 1 is 1.00 bits per heavy atom. The lowest BCUT2D eigenvalue weighted by atomic mass is 9.98. The summed E-state index contributed by atoms with van der Waals surface area (Å²) in [6.07, 6.45) is 1.35. The summed E-state index contributed by atoms with van der Waals surface area (Å²) in [5.74, 6) is -1.01. The maximum Gasteiger partial charge on any atom is 0.129 e. The Morgan fingerprint density at radius 2 is 1.70 bits per heavy atom. The van der Waals surface area contributed by atoms with E-state index in [1.807, 2.05) is 14.0 Å². The van der Waals surface area contributed by atoms with Gasteiger partial charge in [0.25, 0.3) is 0 Å². The fraction of sp³-hybridized carbons (Fsp3) is 0.294. The molecule has 0 aliphatic rings. The highest BCUT2D eigenvalue weighted by atomic mass is 19.1. The number of hydrogen-bond donors (Lipinski definition) is 1. The van der Waals surface area contributed by atoms with Gasteiger partial charge < -0.3 is 5.32 Å². The van der Waals surface area contributed by atoms with Crippen LogP contribution in [-0.4, -0.2) is 13.1 Å². The molecule has 0 heterocycles. The van der Waals surface area contributed by atoms with E-state index in [4.69, 9.17) is 0 Å². The first-order valence-corrected chi connectivity index (χ1v) is 6.75. The van der Waals surface area contributed by atoms with Gasteiger partial charge in [-0.1, -0.05) is 35.9 Å². The van der Waals surface area contributed by atoms with E-state index in [0.717, 1.165) is 12.5 Å². The molecule has 1 N–H and O–H groups in total. The van der Waals surface area contributed by atoms with Gasteiger partial charge in [-0.15, -0.1) is 0 Å². The van der Waals surface area contributed by atoms with Crippen molar-refractivity contribution >= 4 is 0 Å². The van der Waals surface area contributed by atoms with Crippen LogP contribution in [-0.2, 0) is 12.8 Å². The zero-order valence-corrected chi connectivity index (χ0v) is 11.8. The van der Waals surface area contributed by atoms with Gasteiger partial charge in [-0.3, -0.25) is 0 Å². The average molecular weight is 275 g/mol. The van der Waals surface area contributed by atoms with Crippen LogP contribution < -0.4 is 5.32 Å². The number of likely N-dealkylation sites (N-methyl/N-ethyl adjacent to an activating group) is 1. The van der Waals surface area contributed by atoms with Crippen LogP contribution in [0.25, 0.3) is 0 Å². The molecular weight excluding hydrogens is 256 g/mol. The van der Waals surface area contributed by atoms with E-state index in [1.165, 1.54) is 23.3 Å². The SMILES string of the molecule is CNC(Cc1ccc(C)cc1)Cc1ccc(F)cc1F. The third kappa shape index (κ3) is 3.87. The van der Waals surface area contributed by atoms with E-state index in [9.17, 15) is 8.78 Å². The van der Waals surface area contributed by atoms with Crippen LogP contribution in [0.15, 0.2) is 42.5 Å². The molecule has 0 aliphatic heterocycles. The van der Waals surface area contributed by atoms with E-state index in [0.29, 0.717) is 12.0 Å². The van der Waals surface area contributed by atoms with Crippen LogP contribution in [0.4, 0.5) is 8.78 Å². The largest absolute Gasteiger partial charge is 0.316 e. The third-order valence-corrected chi connectivity index (χ3v) is 3.49. The van der Waals surface area contributed by atoms with Crippen molar-refractivity contribution in [2.24, 2.45) is 0 Å². The first kappa shape index (κ1) is 14.7. The van der Waals surface area contributed by atoms with Gasteiger partial charge in [-0.25, -0.2) is 8.78 Å². The fourth-order valence-electron chi connectivity index (χ4n) is 2.24. The Hall–Kier alpha value is -1.74. The molecule has 20 heavy (non-hydrogen) atoms. The second kappa shape index (κ2) is 6.62. The van der Waals surface area contributed by atoms with Crippen molar-refractivity contribution in [2.45, 2.75) is 25.8 Å². The molecule has 106 valence electrons. The Morgan fingerprint density at radius 3 is 2.30 bits per heavy atom. The predicted molar refractivity (Wildman–Crippen MR) is 77.8 cm³/mol. The van der Waals surface area contributed by atoms with Gasteiger partial charge in [-0.2, -0.15) is 0 Å². The second-order valence-electron chi connectivity index (χ2n) is 5.12. The molecule has 0 amide bonds. The molecule has 0 saturated carbocycles. The van der Waals surface area contributed by atoms with Crippen molar-refractivity contribution < 1.29 is 8.78 Å². The highest BCUT2D eigenvalue weighted by Gasteiger charge is 2.12.